The van der Waals surface area contributed by atoms with E-state index in [1.54, 1.807) is 0 Å². The van der Waals surface area contributed by atoms with Gasteiger partial charge in [-0.3, -0.25) is 10.2 Å². The minimum Gasteiger partial charge on any atom is -0.292 e. The summed E-state index contributed by atoms with van der Waals surface area (Å²) in [6, 6.07) is -0.396. The second-order valence-corrected chi connectivity index (χ2v) is 3.07. The van der Waals surface area contributed by atoms with Crippen molar-refractivity contribution in [2.75, 3.05) is 0 Å². The van der Waals surface area contributed by atoms with Crippen LogP contribution in [0.4, 0.5) is 0 Å². The smallest absolute Gasteiger partial charge is 0.259 e. The Labute approximate surface area is 76.1 Å². The van der Waals surface area contributed by atoms with Gasteiger partial charge in [-0.25, -0.2) is 15.5 Å². The highest BCUT2D eigenvalue weighted by Gasteiger charge is 2.23. The van der Waals surface area contributed by atoms with Crippen LogP contribution >= 0.6 is 0 Å². The zero-order chi connectivity index (χ0) is 9.84. The first-order valence-electron chi connectivity index (χ1n) is 4.01. The van der Waals surface area contributed by atoms with Gasteiger partial charge in [0.2, 0.25) is 0 Å². The Bertz CT molecular complexity index is 268. The number of amides is 1. The lowest BCUT2D eigenvalue weighted by Gasteiger charge is -2.18. The van der Waals surface area contributed by atoms with Crippen molar-refractivity contribution in [3.63, 3.8) is 0 Å². The molecule has 0 aliphatic heterocycles. The molecule has 0 spiro atoms. The van der Waals surface area contributed by atoms with Gasteiger partial charge in [0, 0.05) is 0 Å². The average Bonchev–Trinajstić information content (AvgIpc) is 2.56. The number of hydrazine groups is 1. The first-order chi connectivity index (χ1) is 6.16. The van der Waals surface area contributed by atoms with Crippen LogP contribution in [0.25, 0.3) is 0 Å². The standard InChI is InChI=1S/C7H13N5O/c1-5(2)6(7(13)11-8)12-4-9-3-10-12/h3-6H,8H2,1-2H3,(H,11,13). The second kappa shape index (κ2) is 3.99. The molecule has 6 heteroatoms. The van der Waals surface area contributed by atoms with E-state index in [4.69, 9.17) is 5.84 Å². The van der Waals surface area contributed by atoms with Crippen LogP contribution in [-0.4, -0.2) is 20.7 Å². The zero-order valence-electron chi connectivity index (χ0n) is 7.64. The summed E-state index contributed by atoms with van der Waals surface area (Å²) in [5.41, 5.74) is 2.11. The number of nitrogens with two attached hydrogens (primary N) is 1. The third kappa shape index (κ3) is 2.03. The van der Waals surface area contributed by atoms with E-state index in [0.717, 1.165) is 0 Å². The number of aromatic nitrogens is 3. The summed E-state index contributed by atoms with van der Waals surface area (Å²) >= 11 is 0. The van der Waals surface area contributed by atoms with Crippen molar-refractivity contribution in [3.8, 4) is 0 Å². The van der Waals surface area contributed by atoms with Gasteiger partial charge in [0.25, 0.3) is 5.91 Å². The average molecular weight is 183 g/mol. The Kier molecular flexibility index (Phi) is 2.97. The monoisotopic (exact) mass is 183 g/mol. The minimum atomic E-state index is -0.396. The van der Waals surface area contributed by atoms with E-state index in [2.05, 4.69) is 15.5 Å². The number of rotatable bonds is 3. The van der Waals surface area contributed by atoms with E-state index in [1.165, 1.54) is 17.3 Å². The van der Waals surface area contributed by atoms with Crippen LogP contribution in [0.2, 0.25) is 0 Å². The molecule has 1 aromatic rings. The normalized spacial score (nSPS) is 12.9. The first kappa shape index (κ1) is 9.66. The lowest BCUT2D eigenvalue weighted by Crippen LogP contribution is -2.39. The van der Waals surface area contributed by atoms with E-state index >= 15 is 0 Å². The molecule has 1 unspecified atom stereocenters. The van der Waals surface area contributed by atoms with Gasteiger partial charge >= 0.3 is 0 Å². The van der Waals surface area contributed by atoms with Crippen molar-refractivity contribution in [2.24, 2.45) is 11.8 Å². The summed E-state index contributed by atoms with van der Waals surface area (Å²) in [5, 5.41) is 3.90. The van der Waals surface area contributed by atoms with Crippen molar-refractivity contribution in [1.82, 2.24) is 20.2 Å². The summed E-state index contributed by atoms with van der Waals surface area (Å²) in [6.45, 7) is 3.84. The third-order valence-corrected chi connectivity index (χ3v) is 1.76. The molecule has 0 bridgehead atoms. The number of hydrogen-bond acceptors (Lipinski definition) is 4. The largest absolute Gasteiger partial charge is 0.292 e. The fourth-order valence-electron chi connectivity index (χ4n) is 1.17. The van der Waals surface area contributed by atoms with Gasteiger partial charge in [0.15, 0.2) is 0 Å². The molecule has 1 amide bonds. The Hall–Kier alpha value is -1.43. The topological polar surface area (TPSA) is 85.8 Å². The van der Waals surface area contributed by atoms with Gasteiger partial charge in [0.05, 0.1) is 0 Å². The van der Waals surface area contributed by atoms with Gasteiger partial charge in [-0.05, 0) is 5.92 Å². The molecule has 0 fully saturated rings. The van der Waals surface area contributed by atoms with Crippen LogP contribution in [0.1, 0.15) is 19.9 Å². The highest BCUT2D eigenvalue weighted by Crippen LogP contribution is 2.15. The number of nitrogens with zero attached hydrogens (tertiary/aromatic N) is 3. The van der Waals surface area contributed by atoms with E-state index < -0.39 is 6.04 Å². The lowest BCUT2D eigenvalue weighted by atomic mass is 10.0. The van der Waals surface area contributed by atoms with Crippen LogP contribution < -0.4 is 11.3 Å². The number of hydrogen-bond donors (Lipinski definition) is 2. The van der Waals surface area contributed by atoms with E-state index in [0.29, 0.717) is 0 Å². The molecule has 1 atom stereocenters. The van der Waals surface area contributed by atoms with Gasteiger partial charge in [-0.2, -0.15) is 5.10 Å². The quantitative estimate of drug-likeness (QED) is 0.374. The first-order valence-corrected chi connectivity index (χ1v) is 4.01. The molecule has 1 rings (SSSR count). The summed E-state index contributed by atoms with van der Waals surface area (Å²) in [4.78, 5) is 15.1. The Morgan fingerprint density at radius 3 is 2.69 bits per heavy atom. The molecule has 6 nitrogen and oxygen atoms in total. The second-order valence-electron chi connectivity index (χ2n) is 3.07. The van der Waals surface area contributed by atoms with Crippen LogP contribution in [0.3, 0.4) is 0 Å². The highest BCUT2D eigenvalue weighted by atomic mass is 16.2. The number of carbonyl (C=O) groups is 1. The number of nitrogens with one attached hydrogen (secondary N) is 1. The zero-order valence-corrected chi connectivity index (χ0v) is 7.64. The maximum absolute atomic E-state index is 11.3. The molecule has 0 saturated heterocycles. The molecule has 72 valence electrons. The van der Waals surface area contributed by atoms with Gasteiger partial charge in [0.1, 0.15) is 18.7 Å². The van der Waals surface area contributed by atoms with E-state index in [-0.39, 0.29) is 11.8 Å². The van der Waals surface area contributed by atoms with Crippen LogP contribution in [0.5, 0.6) is 0 Å². The molecule has 0 saturated carbocycles. The molecule has 0 aliphatic carbocycles. The van der Waals surface area contributed by atoms with E-state index in [1.807, 2.05) is 13.8 Å². The molecule has 1 heterocycles. The van der Waals surface area contributed by atoms with Crippen LogP contribution in [0, 0.1) is 5.92 Å². The third-order valence-electron chi connectivity index (χ3n) is 1.76. The van der Waals surface area contributed by atoms with Crippen LogP contribution in [-0.2, 0) is 4.79 Å². The van der Waals surface area contributed by atoms with Crippen LogP contribution in [0.15, 0.2) is 12.7 Å². The summed E-state index contributed by atoms with van der Waals surface area (Å²) < 4.78 is 1.49. The highest BCUT2D eigenvalue weighted by molar-refractivity contribution is 5.79. The minimum absolute atomic E-state index is 0.116. The molecule has 0 aromatic carbocycles. The van der Waals surface area contributed by atoms with Crippen molar-refractivity contribution in [2.45, 2.75) is 19.9 Å². The SMILES string of the molecule is CC(C)C(C(=O)NN)n1cncn1. The van der Waals surface area contributed by atoms with Gasteiger partial charge < -0.3 is 0 Å². The maximum atomic E-state index is 11.3. The van der Waals surface area contributed by atoms with Gasteiger partial charge in [-0.1, -0.05) is 13.8 Å². The Balaban J connectivity index is 2.87. The number of carbonyl (C=O) groups excluding carboxylic acids is 1. The molecule has 0 aliphatic rings. The lowest BCUT2D eigenvalue weighted by molar-refractivity contribution is -0.125. The summed E-state index contributed by atoms with van der Waals surface area (Å²) in [6.07, 6.45) is 2.89. The predicted octanol–water partition coefficient (Wildman–Crippen LogP) is -0.535. The fourth-order valence-corrected chi connectivity index (χ4v) is 1.17. The Morgan fingerprint density at radius 2 is 2.31 bits per heavy atom. The van der Waals surface area contributed by atoms with Crippen molar-refractivity contribution < 1.29 is 4.79 Å². The fraction of sp³-hybridized carbons (Fsp3) is 0.571. The molecule has 13 heavy (non-hydrogen) atoms. The predicted molar refractivity (Wildman–Crippen MR) is 46.2 cm³/mol. The molecule has 3 N–H and O–H groups in total. The summed E-state index contributed by atoms with van der Waals surface area (Å²) in [5.74, 6) is 4.91. The molecule has 1 aromatic heterocycles. The van der Waals surface area contributed by atoms with Crippen molar-refractivity contribution in [1.29, 1.82) is 0 Å². The van der Waals surface area contributed by atoms with Crippen molar-refractivity contribution in [3.05, 3.63) is 12.7 Å². The molecular weight excluding hydrogens is 170 g/mol. The van der Waals surface area contributed by atoms with Gasteiger partial charge in [-0.15, -0.1) is 0 Å². The maximum Gasteiger partial charge on any atom is 0.259 e. The molecule has 0 radical (unpaired) electrons. The Morgan fingerprint density at radius 1 is 1.62 bits per heavy atom. The summed E-state index contributed by atoms with van der Waals surface area (Å²) in [7, 11) is 0. The molecular formula is C7H13N5O. The van der Waals surface area contributed by atoms with Crippen molar-refractivity contribution >= 4 is 5.91 Å². The van der Waals surface area contributed by atoms with E-state index in [9.17, 15) is 4.79 Å².